The van der Waals surface area contributed by atoms with Gasteiger partial charge in [0.25, 0.3) is 11.6 Å². The molecule has 0 bridgehead atoms. The molecule has 0 unspecified atom stereocenters. The molecule has 148 valence electrons. The zero-order chi connectivity index (χ0) is 20.4. The van der Waals surface area contributed by atoms with Crippen molar-refractivity contribution in [2.75, 3.05) is 36.1 Å². The molecule has 2 fully saturated rings. The zero-order valence-electron chi connectivity index (χ0n) is 15.3. The number of amides is 1. The van der Waals surface area contributed by atoms with Crippen LogP contribution in [0.15, 0.2) is 53.4 Å². The number of carbonyl (C=O) groups is 1. The second-order valence-corrected chi connectivity index (χ2v) is 8.13. The van der Waals surface area contributed by atoms with Crippen molar-refractivity contribution in [2.24, 2.45) is 0 Å². The van der Waals surface area contributed by atoms with Crippen molar-refractivity contribution in [3.8, 4) is 0 Å². The molecule has 2 aromatic carbocycles. The van der Waals surface area contributed by atoms with Crippen LogP contribution in [0.5, 0.6) is 0 Å². The molecule has 2 aliphatic rings. The predicted octanol–water partition coefficient (Wildman–Crippen LogP) is 3.84. The van der Waals surface area contributed by atoms with Crippen LogP contribution in [-0.2, 0) is 9.53 Å². The SMILES string of the molecule is O=C1/C(=C\c2ccc(N3CCOCC3)c([N+](=O)[O-])c2)SC(=S)N1c1ccccc1. The molecule has 1 amide bonds. The predicted molar refractivity (Wildman–Crippen MR) is 118 cm³/mol. The Labute approximate surface area is 177 Å². The Morgan fingerprint density at radius 1 is 1.14 bits per heavy atom. The van der Waals surface area contributed by atoms with Crippen molar-refractivity contribution in [3.63, 3.8) is 0 Å². The van der Waals surface area contributed by atoms with Crippen molar-refractivity contribution in [2.45, 2.75) is 0 Å². The van der Waals surface area contributed by atoms with Crippen molar-refractivity contribution >= 4 is 57.3 Å². The number of para-hydroxylation sites is 1. The maximum Gasteiger partial charge on any atom is 0.293 e. The van der Waals surface area contributed by atoms with E-state index in [0.29, 0.717) is 52.5 Å². The first-order chi connectivity index (χ1) is 14.0. The third kappa shape index (κ3) is 4.02. The number of nitrogens with zero attached hydrogens (tertiary/aromatic N) is 3. The summed E-state index contributed by atoms with van der Waals surface area (Å²) in [7, 11) is 0. The van der Waals surface area contributed by atoms with Gasteiger partial charge in [0, 0.05) is 19.2 Å². The van der Waals surface area contributed by atoms with Gasteiger partial charge in [0.05, 0.1) is 28.7 Å². The van der Waals surface area contributed by atoms with Gasteiger partial charge >= 0.3 is 0 Å². The monoisotopic (exact) mass is 427 g/mol. The van der Waals surface area contributed by atoms with Crippen molar-refractivity contribution < 1.29 is 14.5 Å². The molecule has 9 heteroatoms. The molecular weight excluding hydrogens is 410 g/mol. The number of thiocarbonyl (C=S) groups is 1. The van der Waals surface area contributed by atoms with E-state index in [-0.39, 0.29) is 11.6 Å². The fraction of sp³-hybridized carbons (Fsp3) is 0.200. The lowest BCUT2D eigenvalue weighted by atomic mass is 10.1. The van der Waals surface area contributed by atoms with E-state index in [9.17, 15) is 14.9 Å². The molecule has 4 rings (SSSR count). The molecule has 2 aromatic rings. The summed E-state index contributed by atoms with van der Waals surface area (Å²) in [4.78, 5) is 27.9. The van der Waals surface area contributed by atoms with Gasteiger partial charge in [-0.05, 0) is 29.8 Å². The van der Waals surface area contributed by atoms with Crippen LogP contribution in [0.4, 0.5) is 17.1 Å². The standard InChI is InChI=1S/C20H17N3O4S2/c24-19-18(29-20(28)22(19)15-4-2-1-3-5-15)13-14-6-7-16(17(12-14)23(25)26)21-8-10-27-11-9-21/h1-7,12-13H,8-11H2/b18-13+. The minimum absolute atomic E-state index is 0.0131. The minimum Gasteiger partial charge on any atom is -0.378 e. The van der Waals surface area contributed by atoms with E-state index in [2.05, 4.69) is 0 Å². The summed E-state index contributed by atoms with van der Waals surface area (Å²) in [5.41, 5.74) is 1.86. The highest BCUT2D eigenvalue weighted by molar-refractivity contribution is 8.27. The van der Waals surface area contributed by atoms with Crippen molar-refractivity contribution in [1.82, 2.24) is 0 Å². The molecule has 0 aliphatic carbocycles. The Morgan fingerprint density at radius 3 is 2.55 bits per heavy atom. The summed E-state index contributed by atoms with van der Waals surface area (Å²) < 4.78 is 5.76. The number of ether oxygens (including phenoxy) is 1. The lowest BCUT2D eigenvalue weighted by Gasteiger charge is -2.28. The normalized spacial score (nSPS) is 18.6. The van der Waals surface area contributed by atoms with E-state index in [4.69, 9.17) is 17.0 Å². The van der Waals surface area contributed by atoms with Crippen LogP contribution in [0, 0.1) is 10.1 Å². The second kappa shape index (κ2) is 8.32. The Hall–Kier alpha value is -2.75. The number of benzene rings is 2. The quantitative estimate of drug-likeness (QED) is 0.318. The number of rotatable bonds is 4. The summed E-state index contributed by atoms with van der Waals surface area (Å²) >= 11 is 6.56. The lowest BCUT2D eigenvalue weighted by Crippen LogP contribution is -2.36. The van der Waals surface area contributed by atoms with Crippen molar-refractivity contribution in [1.29, 1.82) is 0 Å². The van der Waals surface area contributed by atoms with Crippen LogP contribution in [0.2, 0.25) is 0 Å². The third-order valence-electron chi connectivity index (χ3n) is 4.65. The number of hydrogen-bond acceptors (Lipinski definition) is 7. The van der Waals surface area contributed by atoms with Crippen LogP contribution in [-0.4, -0.2) is 41.5 Å². The average Bonchev–Trinajstić information content (AvgIpc) is 3.02. The van der Waals surface area contributed by atoms with E-state index >= 15 is 0 Å². The maximum atomic E-state index is 12.8. The Kier molecular flexibility index (Phi) is 5.61. The molecule has 0 aromatic heterocycles. The fourth-order valence-corrected chi connectivity index (χ4v) is 4.57. The summed E-state index contributed by atoms with van der Waals surface area (Å²) in [5.74, 6) is -0.230. The number of nitro groups is 1. The Balaban J connectivity index is 1.64. The van der Waals surface area contributed by atoms with Gasteiger partial charge in [-0.15, -0.1) is 0 Å². The van der Waals surface area contributed by atoms with E-state index < -0.39 is 4.92 Å². The first kappa shape index (κ1) is 19.6. The summed E-state index contributed by atoms with van der Waals surface area (Å²) in [6.45, 7) is 2.30. The zero-order valence-corrected chi connectivity index (χ0v) is 16.9. The average molecular weight is 428 g/mol. The smallest absolute Gasteiger partial charge is 0.293 e. The maximum absolute atomic E-state index is 12.8. The minimum atomic E-state index is -0.392. The van der Waals surface area contributed by atoms with Gasteiger partial charge in [0.1, 0.15) is 5.69 Å². The summed E-state index contributed by atoms with van der Waals surface area (Å²) in [6.07, 6.45) is 1.65. The second-order valence-electron chi connectivity index (χ2n) is 6.46. The first-order valence-electron chi connectivity index (χ1n) is 8.99. The van der Waals surface area contributed by atoms with Gasteiger partial charge in [-0.1, -0.05) is 48.2 Å². The molecule has 7 nitrogen and oxygen atoms in total. The van der Waals surface area contributed by atoms with Gasteiger partial charge in [-0.3, -0.25) is 19.8 Å². The van der Waals surface area contributed by atoms with Crippen molar-refractivity contribution in [3.05, 3.63) is 69.1 Å². The molecule has 2 saturated heterocycles. The molecule has 0 N–H and O–H groups in total. The third-order valence-corrected chi connectivity index (χ3v) is 5.96. The molecule has 0 atom stereocenters. The highest BCUT2D eigenvalue weighted by Crippen LogP contribution is 2.37. The number of nitro benzene ring substituents is 1. The number of thioether (sulfide) groups is 1. The number of anilines is 2. The topological polar surface area (TPSA) is 75.9 Å². The van der Waals surface area contributed by atoms with Crippen LogP contribution < -0.4 is 9.80 Å². The largest absolute Gasteiger partial charge is 0.378 e. The molecule has 2 heterocycles. The number of carbonyl (C=O) groups excluding carboxylic acids is 1. The summed E-state index contributed by atoms with van der Waals surface area (Å²) in [5, 5.41) is 11.6. The van der Waals surface area contributed by atoms with Gasteiger partial charge < -0.3 is 9.64 Å². The van der Waals surface area contributed by atoms with Gasteiger partial charge in [-0.2, -0.15) is 0 Å². The highest BCUT2D eigenvalue weighted by Gasteiger charge is 2.33. The van der Waals surface area contributed by atoms with E-state index in [1.807, 2.05) is 35.2 Å². The van der Waals surface area contributed by atoms with Gasteiger partial charge in [-0.25, -0.2) is 0 Å². The van der Waals surface area contributed by atoms with E-state index in [1.54, 1.807) is 18.2 Å². The molecule has 0 spiro atoms. The molecule has 0 saturated carbocycles. The molecule has 0 radical (unpaired) electrons. The van der Waals surface area contributed by atoms with Gasteiger partial charge in [0.2, 0.25) is 0 Å². The van der Waals surface area contributed by atoms with E-state index in [1.165, 1.54) is 22.7 Å². The Morgan fingerprint density at radius 2 is 1.86 bits per heavy atom. The van der Waals surface area contributed by atoms with Crippen LogP contribution >= 0.6 is 24.0 Å². The van der Waals surface area contributed by atoms with Crippen LogP contribution in [0.1, 0.15) is 5.56 Å². The Bertz CT molecular complexity index is 1000. The highest BCUT2D eigenvalue weighted by atomic mass is 32.2. The first-order valence-corrected chi connectivity index (χ1v) is 10.2. The van der Waals surface area contributed by atoms with Gasteiger partial charge in [0.15, 0.2) is 4.32 Å². The van der Waals surface area contributed by atoms with Crippen LogP contribution in [0.25, 0.3) is 6.08 Å². The molecule has 29 heavy (non-hydrogen) atoms. The number of hydrogen-bond donors (Lipinski definition) is 0. The summed E-state index contributed by atoms with van der Waals surface area (Å²) in [6, 6.07) is 14.2. The molecular formula is C20H17N3O4S2. The number of morpholine rings is 1. The molecule has 2 aliphatic heterocycles. The fourth-order valence-electron chi connectivity index (χ4n) is 3.27. The lowest BCUT2D eigenvalue weighted by molar-refractivity contribution is -0.384. The van der Waals surface area contributed by atoms with E-state index in [0.717, 1.165) is 0 Å². The van der Waals surface area contributed by atoms with Crippen LogP contribution in [0.3, 0.4) is 0 Å².